The second-order valence-corrected chi connectivity index (χ2v) is 14.1. The van der Waals surface area contributed by atoms with Gasteiger partial charge in [0.1, 0.15) is 9.61 Å². The van der Waals surface area contributed by atoms with Crippen molar-refractivity contribution in [1.82, 2.24) is 29.2 Å². The van der Waals surface area contributed by atoms with E-state index in [0.29, 0.717) is 17.7 Å². The van der Waals surface area contributed by atoms with E-state index in [1.165, 1.54) is 6.08 Å². The van der Waals surface area contributed by atoms with Crippen molar-refractivity contribution in [1.29, 1.82) is 0 Å². The van der Waals surface area contributed by atoms with Crippen molar-refractivity contribution in [2.24, 2.45) is 13.0 Å². The molecule has 4 aliphatic rings. The fourth-order valence-electron chi connectivity index (χ4n) is 5.24. The lowest BCUT2D eigenvalue weighted by Crippen LogP contribution is -2.58. The number of likely N-dealkylation sites (N-methyl/N-ethyl adjacent to an activating group) is 1. The maximum absolute atomic E-state index is 13.8. The third-order valence-corrected chi connectivity index (χ3v) is 11.3. The molecule has 39 heavy (non-hydrogen) atoms. The molecule has 0 spiro atoms. The van der Waals surface area contributed by atoms with Gasteiger partial charge in [-0.3, -0.25) is 19.2 Å². The number of benzene rings is 1. The molecule has 11 nitrogen and oxygen atoms in total. The zero-order valence-corrected chi connectivity index (χ0v) is 23.6. The molecule has 1 aromatic heterocycles. The van der Waals surface area contributed by atoms with Crippen LogP contribution in [0.25, 0.3) is 0 Å². The molecular formula is C26H30N6O5S2. The van der Waals surface area contributed by atoms with Gasteiger partial charge in [0.2, 0.25) is 15.9 Å². The number of thioether (sulfide) groups is 1. The Bertz CT molecular complexity index is 1530. The molecule has 13 heteroatoms. The van der Waals surface area contributed by atoms with Crippen LogP contribution in [0.15, 0.2) is 40.9 Å². The Morgan fingerprint density at radius 3 is 2.59 bits per heavy atom. The van der Waals surface area contributed by atoms with Crippen molar-refractivity contribution in [2.75, 3.05) is 13.6 Å². The predicted molar refractivity (Wildman–Crippen MR) is 144 cm³/mol. The molecular weight excluding hydrogens is 540 g/mol. The third-order valence-electron chi connectivity index (χ3n) is 7.76. The van der Waals surface area contributed by atoms with Crippen LogP contribution < -0.4 is 4.72 Å². The number of nitrogens with zero attached hydrogens (tertiary/aromatic N) is 5. The summed E-state index contributed by atoms with van der Waals surface area (Å²) >= 11 is 1.02. The van der Waals surface area contributed by atoms with E-state index in [9.17, 15) is 22.8 Å². The minimum atomic E-state index is -3.85. The van der Waals surface area contributed by atoms with Gasteiger partial charge in [0.15, 0.2) is 0 Å². The van der Waals surface area contributed by atoms with Gasteiger partial charge in [0.05, 0.1) is 18.7 Å². The largest absolute Gasteiger partial charge is 0.341 e. The first-order valence-electron chi connectivity index (χ1n) is 12.8. The van der Waals surface area contributed by atoms with Gasteiger partial charge in [0.25, 0.3) is 5.91 Å². The molecule has 4 heterocycles. The Kier molecular flexibility index (Phi) is 6.16. The lowest BCUT2D eigenvalue weighted by molar-refractivity contribution is -0.135. The number of aromatic nitrogens is 2. The average Bonchev–Trinajstić information content (AvgIpc) is 3.26. The summed E-state index contributed by atoms with van der Waals surface area (Å²) in [5, 5.41) is 3.42. The van der Waals surface area contributed by atoms with E-state index in [-0.39, 0.29) is 23.2 Å². The number of amides is 4. The molecule has 1 saturated heterocycles. The topological polar surface area (TPSA) is 125 Å². The van der Waals surface area contributed by atoms with E-state index in [0.717, 1.165) is 47.1 Å². The van der Waals surface area contributed by atoms with E-state index < -0.39 is 38.8 Å². The molecule has 1 aromatic carbocycles. The fraction of sp³-hybridized carbons (Fsp3) is 0.462. The maximum atomic E-state index is 13.8. The zero-order valence-electron chi connectivity index (χ0n) is 22.0. The highest BCUT2D eigenvalue weighted by Crippen LogP contribution is 2.46. The van der Waals surface area contributed by atoms with Crippen LogP contribution in [0.4, 0.5) is 4.79 Å². The summed E-state index contributed by atoms with van der Waals surface area (Å²) in [4.78, 5) is 44.6. The Morgan fingerprint density at radius 1 is 1.13 bits per heavy atom. The van der Waals surface area contributed by atoms with Gasteiger partial charge in [-0.1, -0.05) is 23.9 Å². The highest BCUT2D eigenvalue weighted by atomic mass is 32.3. The summed E-state index contributed by atoms with van der Waals surface area (Å²) in [6.07, 6.45) is 7.07. The monoisotopic (exact) mass is 570 g/mol. The number of carbonyl (C=O) groups excluding carboxylic acids is 3. The zero-order chi connectivity index (χ0) is 27.7. The van der Waals surface area contributed by atoms with Gasteiger partial charge in [-0.25, -0.2) is 17.9 Å². The van der Waals surface area contributed by atoms with Crippen LogP contribution in [0.3, 0.4) is 0 Å². The smallest absolute Gasteiger partial charge is 0.328 e. The Morgan fingerprint density at radius 2 is 1.90 bits per heavy atom. The molecule has 0 bridgehead atoms. The van der Waals surface area contributed by atoms with Gasteiger partial charge < -0.3 is 9.80 Å². The molecule has 2 aromatic rings. The molecule has 2 atom stereocenters. The lowest BCUT2D eigenvalue weighted by atomic mass is 9.96. The first-order valence-corrected chi connectivity index (χ1v) is 15.2. The Hall–Kier alpha value is -3.16. The first kappa shape index (κ1) is 26.1. The molecule has 0 radical (unpaired) electrons. The van der Waals surface area contributed by atoms with Crippen molar-refractivity contribution < 1.29 is 22.8 Å². The summed E-state index contributed by atoms with van der Waals surface area (Å²) in [6, 6.07) is 5.10. The number of rotatable bonds is 7. The van der Waals surface area contributed by atoms with Gasteiger partial charge in [-0.15, -0.1) is 0 Å². The standard InChI is InChI=1S/C26H30N6O5S2/c1-26(7-8-26)28-39(36,37)21-11-20-23(34)31(15-17-12-27-30(3)13-17)25(35)32(24(20)38-21)14-16-4-5-18-6-9-29(2)22(33)19(18)10-16/h4-5,10-13,20,24,28H,6-9,14-15H2,1-3H3. The number of carbonyl (C=O) groups is 3. The number of nitrogens with one attached hydrogen (secondary N) is 1. The summed E-state index contributed by atoms with van der Waals surface area (Å²) in [5.74, 6) is -1.34. The van der Waals surface area contributed by atoms with Crippen molar-refractivity contribution in [3.8, 4) is 0 Å². The van der Waals surface area contributed by atoms with Crippen LogP contribution in [-0.2, 0) is 41.4 Å². The van der Waals surface area contributed by atoms with Crippen molar-refractivity contribution in [3.05, 3.63) is 63.2 Å². The second kappa shape index (κ2) is 9.20. The quantitative estimate of drug-likeness (QED) is 0.540. The predicted octanol–water partition coefficient (Wildman–Crippen LogP) is 2.01. The molecule has 1 saturated carbocycles. The number of urea groups is 1. The van der Waals surface area contributed by atoms with Crippen LogP contribution in [0.1, 0.15) is 46.8 Å². The normalized spacial score (nSPS) is 24.1. The summed E-state index contributed by atoms with van der Waals surface area (Å²) < 4.78 is 30.8. The molecule has 1 N–H and O–H groups in total. The van der Waals surface area contributed by atoms with Gasteiger partial charge in [-0.2, -0.15) is 5.10 Å². The van der Waals surface area contributed by atoms with Gasteiger partial charge in [-0.05, 0) is 49.5 Å². The highest BCUT2D eigenvalue weighted by Gasteiger charge is 2.52. The summed E-state index contributed by atoms with van der Waals surface area (Å²) in [6.45, 7) is 2.65. The Labute approximate surface area is 231 Å². The number of aryl methyl sites for hydroxylation is 1. The highest BCUT2D eigenvalue weighted by molar-refractivity contribution is 8.18. The maximum Gasteiger partial charge on any atom is 0.328 e. The lowest BCUT2D eigenvalue weighted by Gasteiger charge is -2.41. The van der Waals surface area contributed by atoms with E-state index in [1.807, 2.05) is 19.1 Å². The average molecular weight is 571 g/mol. The molecule has 206 valence electrons. The number of sulfonamides is 1. The molecule has 1 aliphatic carbocycles. The van der Waals surface area contributed by atoms with Crippen LogP contribution >= 0.6 is 11.8 Å². The minimum Gasteiger partial charge on any atom is -0.341 e. The van der Waals surface area contributed by atoms with Gasteiger partial charge in [0, 0.05) is 50.0 Å². The third kappa shape index (κ3) is 4.76. The molecule has 3 aliphatic heterocycles. The SMILES string of the molecule is CN1CCc2ccc(CN3C(=O)N(Cc4cnn(C)c4)C(=O)C4C=C(S(=O)(=O)NC5(C)CC5)SC43)cc2C1=O. The molecule has 2 fully saturated rings. The van der Waals surface area contributed by atoms with Crippen LogP contribution in [-0.4, -0.2) is 75.2 Å². The number of imide groups is 1. The van der Waals surface area contributed by atoms with Crippen molar-refractivity contribution in [2.45, 2.75) is 50.2 Å². The van der Waals surface area contributed by atoms with Crippen molar-refractivity contribution >= 4 is 39.6 Å². The number of hydrogen-bond donors (Lipinski definition) is 1. The van der Waals surface area contributed by atoms with Gasteiger partial charge >= 0.3 is 6.03 Å². The van der Waals surface area contributed by atoms with E-state index in [1.54, 1.807) is 47.0 Å². The number of fused-ring (bicyclic) bond motifs is 2. The molecule has 4 amide bonds. The van der Waals surface area contributed by atoms with E-state index in [2.05, 4.69) is 9.82 Å². The fourth-order valence-corrected chi connectivity index (χ4v) is 8.54. The molecule has 6 rings (SSSR count). The van der Waals surface area contributed by atoms with Crippen LogP contribution in [0.5, 0.6) is 0 Å². The first-order chi connectivity index (χ1) is 18.4. The minimum absolute atomic E-state index is 0.0234. The van der Waals surface area contributed by atoms with E-state index >= 15 is 0 Å². The summed E-state index contributed by atoms with van der Waals surface area (Å²) in [7, 11) is -0.335. The van der Waals surface area contributed by atoms with Crippen LogP contribution in [0, 0.1) is 5.92 Å². The van der Waals surface area contributed by atoms with Crippen molar-refractivity contribution in [3.63, 3.8) is 0 Å². The number of hydrogen-bond acceptors (Lipinski definition) is 7. The van der Waals surface area contributed by atoms with Crippen LogP contribution in [0.2, 0.25) is 0 Å². The second-order valence-electron chi connectivity index (χ2n) is 11.0. The summed E-state index contributed by atoms with van der Waals surface area (Å²) in [5.41, 5.74) is 2.52. The Balaban J connectivity index is 1.33. The molecule has 2 unspecified atom stereocenters. The van der Waals surface area contributed by atoms with E-state index in [4.69, 9.17) is 0 Å².